The maximum atomic E-state index is 10.5. The lowest BCUT2D eigenvalue weighted by Gasteiger charge is -1.92. The van der Waals surface area contributed by atoms with Crippen molar-refractivity contribution in [3.8, 4) is 0 Å². The Morgan fingerprint density at radius 1 is 1.60 bits per heavy atom. The second kappa shape index (κ2) is 3.85. The summed E-state index contributed by atoms with van der Waals surface area (Å²) in [6.45, 7) is 3.04. The molecular weight excluding hydrogens is 176 g/mol. The van der Waals surface area contributed by atoms with E-state index in [1.807, 2.05) is 0 Å². The molecule has 0 saturated carbocycles. The van der Waals surface area contributed by atoms with Gasteiger partial charge >= 0.3 is 0 Å². The molecule has 0 aromatic carbocycles. The minimum atomic E-state index is -3.30. The van der Waals surface area contributed by atoms with Crippen LogP contribution in [0.2, 0.25) is 0 Å². The molecule has 0 saturated heterocycles. The zero-order valence-electron chi connectivity index (χ0n) is 5.19. The van der Waals surface area contributed by atoms with Gasteiger partial charge in [0, 0.05) is 5.41 Å². The third kappa shape index (κ3) is 4.66. The molecule has 0 heterocycles. The number of rotatable bonds is 4. The van der Waals surface area contributed by atoms with Crippen molar-refractivity contribution in [2.75, 3.05) is 11.5 Å². The van der Waals surface area contributed by atoms with Crippen molar-refractivity contribution in [3.63, 3.8) is 0 Å². The van der Waals surface area contributed by atoms with Gasteiger partial charge in [0.15, 0.2) is 20.9 Å². The molecule has 0 bridgehead atoms. The largest absolute Gasteiger partial charge is 0.306 e. The van der Waals surface area contributed by atoms with Gasteiger partial charge in [0.05, 0.1) is 11.5 Å². The Morgan fingerprint density at radius 2 is 2.10 bits per heavy atom. The van der Waals surface area contributed by atoms with E-state index in [-0.39, 0.29) is 11.5 Å². The molecule has 1 atom stereocenters. The van der Waals surface area contributed by atoms with Crippen LogP contribution >= 0.6 is 0 Å². The molecule has 0 fully saturated rings. The van der Waals surface area contributed by atoms with Gasteiger partial charge in [-0.1, -0.05) is 6.58 Å². The predicted molar refractivity (Wildman–Crippen MR) is 39.6 cm³/mol. The minimum absolute atomic E-state index is 0.256. The van der Waals surface area contributed by atoms with Crippen molar-refractivity contribution in [2.45, 2.75) is 0 Å². The maximum Gasteiger partial charge on any atom is 0.172 e. The summed E-state index contributed by atoms with van der Waals surface area (Å²) in [6.07, 6.45) is 0. The molecule has 1 N–H and O–H groups in total. The van der Waals surface area contributed by atoms with E-state index in [9.17, 15) is 12.6 Å². The van der Waals surface area contributed by atoms with Crippen LogP contribution in [0, 0.1) is 0 Å². The summed E-state index contributed by atoms with van der Waals surface area (Å²) in [5, 5.41) is 0.778. The van der Waals surface area contributed by atoms with Gasteiger partial charge in [-0.2, -0.15) is 0 Å². The molecule has 60 valence electrons. The van der Waals surface area contributed by atoms with Crippen molar-refractivity contribution in [3.05, 3.63) is 12.0 Å². The zero-order valence-corrected chi connectivity index (χ0v) is 6.82. The van der Waals surface area contributed by atoms with Crippen molar-refractivity contribution in [1.82, 2.24) is 0 Å². The van der Waals surface area contributed by atoms with Crippen LogP contribution in [0.1, 0.15) is 0 Å². The van der Waals surface area contributed by atoms with Gasteiger partial charge in [-0.05, 0) is 0 Å². The molecule has 0 radical (unpaired) electrons. The quantitative estimate of drug-likeness (QED) is 0.612. The second-order valence-electron chi connectivity index (χ2n) is 1.56. The van der Waals surface area contributed by atoms with E-state index in [4.69, 9.17) is 4.55 Å². The fraction of sp³-hybridized carbons (Fsp3) is 0.500. The number of sulfone groups is 1. The maximum absolute atomic E-state index is 10.5. The predicted octanol–water partition coefficient (Wildman–Crippen LogP) is -0.234. The molecule has 0 aliphatic heterocycles. The molecule has 0 amide bonds. The average Bonchev–Trinajstić information content (AvgIpc) is 1.85. The summed E-state index contributed by atoms with van der Waals surface area (Å²) in [4.78, 5) is 0. The molecule has 10 heavy (non-hydrogen) atoms. The highest BCUT2D eigenvalue weighted by atomic mass is 32.2. The number of hydrogen-bond donors (Lipinski definition) is 1. The highest BCUT2D eigenvalue weighted by molar-refractivity contribution is 7.95. The van der Waals surface area contributed by atoms with E-state index in [1.54, 1.807) is 0 Å². The Labute approximate surface area is 62.1 Å². The van der Waals surface area contributed by atoms with Crippen LogP contribution in [-0.4, -0.2) is 28.7 Å². The van der Waals surface area contributed by atoms with Gasteiger partial charge in [-0.25, -0.2) is 12.6 Å². The van der Waals surface area contributed by atoms with Crippen LogP contribution in [0.25, 0.3) is 0 Å². The molecule has 0 rings (SSSR count). The summed E-state index contributed by atoms with van der Waals surface area (Å²) in [6, 6.07) is 0. The summed E-state index contributed by atoms with van der Waals surface area (Å²) >= 11 is -2.04. The Hall–Kier alpha value is -0.200. The van der Waals surface area contributed by atoms with Gasteiger partial charge in [-0.15, -0.1) is 0 Å². The van der Waals surface area contributed by atoms with Gasteiger partial charge in [0.1, 0.15) is 0 Å². The molecular formula is C4H8O4S2. The normalized spacial score (nSPS) is 14.5. The molecule has 0 aliphatic rings. The standard InChI is InChI=1S/C4H8O4S2/c1-2-10(7,8)4-3-9(5)6/h2H,1,3-4H2,(H,5,6). The van der Waals surface area contributed by atoms with E-state index in [1.165, 1.54) is 0 Å². The lowest BCUT2D eigenvalue weighted by Crippen LogP contribution is -2.09. The van der Waals surface area contributed by atoms with E-state index >= 15 is 0 Å². The van der Waals surface area contributed by atoms with Crippen LogP contribution in [0.15, 0.2) is 12.0 Å². The van der Waals surface area contributed by atoms with E-state index in [0.717, 1.165) is 5.41 Å². The lowest BCUT2D eigenvalue weighted by atomic mass is 11.0. The first-order chi connectivity index (χ1) is 4.48. The first-order valence-electron chi connectivity index (χ1n) is 2.40. The summed E-state index contributed by atoms with van der Waals surface area (Å²) in [5.74, 6) is -0.575. The van der Waals surface area contributed by atoms with Crippen molar-refractivity contribution < 1.29 is 17.2 Å². The van der Waals surface area contributed by atoms with Gasteiger partial charge in [0.25, 0.3) is 0 Å². The minimum Gasteiger partial charge on any atom is -0.306 e. The van der Waals surface area contributed by atoms with Crippen LogP contribution in [0.4, 0.5) is 0 Å². The van der Waals surface area contributed by atoms with Crippen LogP contribution in [0.3, 0.4) is 0 Å². The zero-order chi connectivity index (χ0) is 8.20. The molecule has 0 aromatic rings. The fourth-order valence-electron chi connectivity index (χ4n) is 0.271. The highest BCUT2D eigenvalue weighted by Crippen LogP contribution is 1.90. The Bertz CT molecular complexity index is 228. The molecule has 1 unspecified atom stereocenters. The second-order valence-corrected chi connectivity index (χ2v) is 4.68. The fourth-order valence-corrected chi connectivity index (χ4v) is 1.94. The SMILES string of the molecule is C=CS(=O)(=O)CCS(=O)O. The third-order valence-corrected chi connectivity index (χ3v) is 2.89. The van der Waals surface area contributed by atoms with Crippen LogP contribution < -0.4 is 0 Å². The molecule has 0 aliphatic carbocycles. The van der Waals surface area contributed by atoms with Crippen molar-refractivity contribution in [2.24, 2.45) is 0 Å². The topological polar surface area (TPSA) is 71.4 Å². The first kappa shape index (κ1) is 9.80. The van der Waals surface area contributed by atoms with Gasteiger partial charge < -0.3 is 4.55 Å². The Balaban J connectivity index is 3.93. The van der Waals surface area contributed by atoms with Crippen LogP contribution in [-0.2, 0) is 20.9 Å². The Kier molecular flexibility index (Phi) is 3.77. The summed E-state index contributed by atoms with van der Waals surface area (Å²) in [7, 11) is -3.30. The van der Waals surface area contributed by atoms with E-state index in [0.29, 0.717) is 0 Å². The molecule has 0 spiro atoms. The van der Waals surface area contributed by atoms with E-state index in [2.05, 4.69) is 6.58 Å². The van der Waals surface area contributed by atoms with E-state index < -0.39 is 20.9 Å². The van der Waals surface area contributed by atoms with Gasteiger partial charge in [0.2, 0.25) is 0 Å². The first-order valence-corrected chi connectivity index (χ1v) is 5.40. The molecule has 4 nitrogen and oxygen atoms in total. The molecule has 0 aromatic heterocycles. The summed E-state index contributed by atoms with van der Waals surface area (Å²) < 4.78 is 39.2. The van der Waals surface area contributed by atoms with Crippen molar-refractivity contribution in [1.29, 1.82) is 0 Å². The third-order valence-electron chi connectivity index (χ3n) is 0.796. The number of hydrogen-bond acceptors (Lipinski definition) is 3. The van der Waals surface area contributed by atoms with Gasteiger partial charge in [-0.3, -0.25) is 0 Å². The Morgan fingerprint density at radius 3 is 2.40 bits per heavy atom. The smallest absolute Gasteiger partial charge is 0.172 e. The lowest BCUT2D eigenvalue weighted by molar-refractivity contribution is 0.563. The summed E-state index contributed by atoms with van der Waals surface area (Å²) in [5.41, 5.74) is 0. The van der Waals surface area contributed by atoms with Crippen LogP contribution in [0.5, 0.6) is 0 Å². The average molecular weight is 184 g/mol. The highest BCUT2D eigenvalue weighted by Gasteiger charge is 2.05. The molecule has 6 heteroatoms. The monoisotopic (exact) mass is 184 g/mol. The van der Waals surface area contributed by atoms with Crippen molar-refractivity contribution >= 4 is 20.9 Å².